The van der Waals surface area contributed by atoms with Crippen LogP contribution < -0.4 is 11.4 Å². The maximum absolute atomic E-state index is 11.9. The van der Waals surface area contributed by atoms with Crippen molar-refractivity contribution in [1.29, 1.82) is 0 Å². The number of rotatable bonds is 2. The van der Waals surface area contributed by atoms with Crippen LogP contribution in [0.3, 0.4) is 0 Å². The number of fused-ring (bicyclic) bond motifs is 1. The zero-order chi connectivity index (χ0) is 11.0. The molecule has 0 fully saturated rings. The van der Waals surface area contributed by atoms with Crippen molar-refractivity contribution in [3.05, 3.63) is 34.2 Å². The Kier molecular flexibility index (Phi) is 2.36. The summed E-state index contributed by atoms with van der Waals surface area (Å²) in [6, 6.07) is 5.93. The first-order valence-corrected chi connectivity index (χ1v) is 5.01. The van der Waals surface area contributed by atoms with Crippen LogP contribution >= 0.6 is 0 Å². The second kappa shape index (κ2) is 3.55. The first-order chi connectivity index (χ1) is 7.16. The van der Waals surface area contributed by atoms with E-state index in [1.807, 2.05) is 25.1 Å². The lowest BCUT2D eigenvalue weighted by Crippen LogP contribution is -2.25. The summed E-state index contributed by atoms with van der Waals surface area (Å²) in [5.41, 5.74) is 8.59. The van der Waals surface area contributed by atoms with Gasteiger partial charge in [0.25, 0.3) is 0 Å². The highest BCUT2D eigenvalue weighted by Crippen LogP contribution is 2.16. The number of benzene rings is 1. The fraction of sp³-hybridized carbons (Fsp3) is 0.364. The number of imidazole rings is 1. The SMILES string of the molecule is Cc1cccc2c1n(CCN)c(=O)n2C. The first-order valence-electron chi connectivity index (χ1n) is 5.01. The molecule has 0 bridgehead atoms. The Morgan fingerprint density at radius 3 is 2.80 bits per heavy atom. The van der Waals surface area contributed by atoms with E-state index in [-0.39, 0.29) is 5.69 Å². The molecule has 2 rings (SSSR count). The van der Waals surface area contributed by atoms with Gasteiger partial charge in [-0.25, -0.2) is 4.79 Å². The Morgan fingerprint density at radius 2 is 2.13 bits per heavy atom. The molecule has 0 atom stereocenters. The molecule has 1 heterocycles. The zero-order valence-electron chi connectivity index (χ0n) is 9.03. The number of aromatic nitrogens is 2. The van der Waals surface area contributed by atoms with E-state index in [1.54, 1.807) is 16.2 Å². The average molecular weight is 205 g/mol. The Balaban J connectivity index is 2.89. The van der Waals surface area contributed by atoms with Gasteiger partial charge in [0.1, 0.15) is 0 Å². The number of hydrogen-bond donors (Lipinski definition) is 1. The van der Waals surface area contributed by atoms with Gasteiger partial charge in [0.2, 0.25) is 0 Å². The van der Waals surface area contributed by atoms with Gasteiger partial charge in [-0.1, -0.05) is 12.1 Å². The van der Waals surface area contributed by atoms with Gasteiger partial charge in [-0.3, -0.25) is 9.13 Å². The monoisotopic (exact) mass is 205 g/mol. The second-order valence-corrected chi connectivity index (χ2v) is 3.72. The lowest BCUT2D eigenvalue weighted by Gasteiger charge is -2.02. The van der Waals surface area contributed by atoms with E-state index in [0.717, 1.165) is 16.6 Å². The Hall–Kier alpha value is -1.55. The highest BCUT2D eigenvalue weighted by molar-refractivity contribution is 5.79. The molecule has 0 saturated carbocycles. The van der Waals surface area contributed by atoms with Crippen LogP contribution in [-0.2, 0) is 13.6 Å². The van der Waals surface area contributed by atoms with Crippen LogP contribution in [0.2, 0.25) is 0 Å². The number of para-hydroxylation sites is 1. The fourth-order valence-electron chi connectivity index (χ4n) is 1.98. The summed E-state index contributed by atoms with van der Waals surface area (Å²) in [6.45, 7) is 3.06. The molecular weight excluding hydrogens is 190 g/mol. The molecule has 2 N–H and O–H groups in total. The quantitative estimate of drug-likeness (QED) is 0.781. The van der Waals surface area contributed by atoms with Crippen LogP contribution in [-0.4, -0.2) is 15.7 Å². The maximum atomic E-state index is 11.9. The van der Waals surface area contributed by atoms with Crippen molar-refractivity contribution in [2.75, 3.05) is 6.54 Å². The molecule has 0 radical (unpaired) electrons. The summed E-state index contributed by atoms with van der Waals surface area (Å²) in [7, 11) is 1.79. The molecule has 0 spiro atoms. The van der Waals surface area contributed by atoms with E-state index in [0.29, 0.717) is 13.1 Å². The molecule has 0 aliphatic rings. The molecule has 4 heteroatoms. The summed E-state index contributed by atoms with van der Waals surface area (Å²) >= 11 is 0. The van der Waals surface area contributed by atoms with E-state index in [4.69, 9.17) is 5.73 Å². The topological polar surface area (TPSA) is 52.9 Å². The second-order valence-electron chi connectivity index (χ2n) is 3.72. The van der Waals surface area contributed by atoms with Crippen LogP contribution in [0, 0.1) is 6.92 Å². The highest BCUT2D eigenvalue weighted by atomic mass is 16.1. The minimum atomic E-state index is 0.00440. The van der Waals surface area contributed by atoms with Crippen molar-refractivity contribution in [3.8, 4) is 0 Å². The Labute approximate surface area is 87.9 Å². The minimum Gasteiger partial charge on any atom is -0.329 e. The summed E-state index contributed by atoms with van der Waals surface area (Å²) in [5.74, 6) is 0. The summed E-state index contributed by atoms with van der Waals surface area (Å²) < 4.78 is 3.41. The van der Waals surface area contributed by atoms with Crippen molar-refractivity contribution >= 4 is 11.0 Å². The molecular formula is C11H15N3O. The van der Waals surface area contributed by atoms with Gasteiger partial charge >= 0.3 is 5.69 Å². The third-order valence-electron chi connectivity index (χ3n) is 2.72. The highest BCUT2D eigenvalue weighted by Gasteiger charge is 2.10. The maximum Gasteiger partial charge on any atom is 0.328 e. The van der Waals surface area contributed by atoms with E-state index in [2.05, 4.69) is 0 Å². The average Bonchev–Trinajstić information content (AvgIpc) is 2.46. The summed E-state index contributed by atoms with van der Waals surface area (Å²) in [6.07, 6.45) is 0. The predicted octanol–water partition coefficient (Wildman–Crippen LogP) is 0.607. The molecule has 0 saturated heterocycles. The van der Waals surface area contributed by atoms with Crippen molar-refractivity contribution in [3.63, 3.8) is 0 Å². The van der Waals surface area contributed by atoms with Gasteiger partial charge in [0, 0.05) is 20.1 Å². The van der Waals surface area contributed by atoms with Crippen LogP contribution in [0.5, 0.6) is 0 Å². The lowest BCUT2D eigenvalue weighted by molar-refractivity contribution is 0.674. The fourth-order valence-corrected chi connectivity index (χ4v) is 1.98. The third-order valence-corrected chi connectivity index (χ3v) is 2.72. The Morgan fingerprint density at radius 1 is 1.40 bits per heavy atom. The van der Waals surface area contributed by atoms with E-state index >= 15 is 0 Å². The van der Waals surface area contributed by atoms with Crippen molar-refractivity contribution in [1.82, 2.24) is 9.13 Å². The van der Waals surface area contributed by atoms with E-state index < -0.39 is 0 Å². The van der Waals surface area contributed by atoms with Crippen LogP contribution in [0.15, 0.2) is 23.0 Å². The van der Waals surface area contributed by atoms with Crippen LogP contribution in [0.25, 0.3) is 11.0 Å². The minimum absolute atomic E-state index is 0.00440. The van der Waals surface area contributed by atoms with E-state index in [9.17, 15) is 4.79 Å². The summed E-state index contributed by atoms with van der Waals surface area (Å²) in [5, 5.41) is 0. The standard InChI is InChI=1S/C11H15N3O/c1-8-4-3-5-9-10(8)14(7-6-12)11(15)13(9)2/h3-5H,6-7,12H2,1-2H3. The molecule has 0 unspecified atom stereocenters. The summed E-state index contributed by atoms with van der Waals surface area (Å²) in [4.78, 5) is 11.9. The molecule has 2 aromatic rings. The molecule has 1 aromatic carbocycles. The number of nitrogens with zero attached hydrogens (tertiary/aromatic N) is 2. The molecule has 15 heavy (non-hydrogen) atoms. The van der Waals surface area contributed by atoms with Gasteiger partial charge < -0.3 is 5.73 Å². The number of hydrogen-bond acceptors (Lipinski definition) is 2. The first kappa shape index (κ1) is 9.98. The smallest absolute Gasteiger partial charge is 0.328 e. The van der Waals surface area contributed by atoms with Gasteiger partial charge in [-0.05, 0) is 18.6 Å². The largest absolute Gasteiger partial charge is 0.329 e. The van der Waals surface area contributed by atoms with Crippen molar-refractivity contribution in [2.24, 2.45) is 12.8 Å². The molecule has 0 amide bonds. The molecule has 0 aliphatic heterocycles. The lowest BCUT2D eigenvalue weighted by atomic mass is 10.2. The third kappa shape index (κ3) is 1.37. The molecule has 0 aliphatic carbocycles. The zero-order valence-corrected chi connectivity index (χ0v) is 9.03. The number of nitrogens with two attached hydrogens (primary N) is 1. The van der Waals surface area contributed by atoms with Gasteiger partial charge in [-0.2, -0.15) is 0 Å². The molecule has 80 valence electrons. The Bertz CT molecular complexity index is 551. The normalized spacial score (nSPS) is 11.1. The van der Waals surface area contributed by atoms with Crippen LogP contribution in [0.1, 0.15) is 5.56 Å². The van der Waals surface area contributed by atoms with Gasteiger partial charge in [-0.15, -0.1) is 0 Å². The predicted molar refractivity (Wildman–Crippen MR) is 61.0 cm³/mol. The molecule has 4 nitrogen and oxygen atoms in total. The van der Waals surface area contributed by atoms with E-state index in [1.165, 1.54) is 0 Å². The van der Waals surface area contributed by atoms with Gasteiger partial charge in [0.15, 0.2) is 0 Å². The number of aryl methyl sites for hydroxylation is 2. The van der Waals surface area contributed by atoms with Crippen molar-refractivity contribution < 1.29 is 0 Å². The molecule has 1 aromatic heterocycles. The van der Waals surface area contributed by atoms with Crippen LogP contribution in [0.4, 0.5) is 0 Å². The van der Waals surface area contributed by atoms with Crippen molar-refractivity contribution in [2.45, 2.75) is 13.5 Å². The van der Waals surface area contributed by atoms with Gasteiger partial charge in [0.05, 0.1) is 11.0 Å².